The van der Waals surface area contributed by atoms with E-state index in [0.29, 0.717) is 0 Å². The minimum absolute atomic E-state index is 0.209. The second-order valence-electron chi connectivity index (χ2n) is 2.66. The van der Waals surface area contributed by atoms with Crippen LogP contribution in [0.4, 0.5) is 0 Å². The molecule has 0 radical (unpaired) electrons. The summed E-state index contributed by atoms with van der Waals surface area (Å²) < 4.78 is 22.0. The van der Waals surface area contributed by atoms with Gasteiger partial charge in [-0.05, 0) is 5.57 Å². The van der Waals surface area contributed by atoms with Crippen LogP contribution in [0.15, 0.2) is 11.6 Å². The third kappa shape index (κ3) is 2.63. The Bertz CT molecular complexity index is 248. The first-order valence-corrected chi connectivity index (χ1v) is 5.55. The van der Waals surface area contributed by atoms with Gasteiger partial charge in [0, 0.05) is 18.8 Å². The Morgan fingerprint density at radius 1 is 1.55 bits per heavy atom. The van der Waals surface area contributed by atoms with Crippen LogP contribution in [-0.4, -0.2) is 33.0 Å². The summed E-state index contributed by atoms with van der Waals surface area (Å²) in [6.07, 6.45) is 1.81. The van der Waals surface area contributed by atoms with Crippen molar-refractivity contribution in [3.05, 3.63) is 11.6 Å². The summed E-state index contributed by atoms with van der Waals surface area (Å²) in [5.41, 5.74) is 1.21. The lowest BCUT2D eigenvalue weighted by molar-refractivity contribution is 0.599. The van der Waals surface area contributed by atoms with Gasteiger partial charge in [-0.15, -0.1) is 0 Å². The minimum Gasteiger partial charge on any atom is -0.309 e. The van der Waals surface area contributed by atoms with Gasteiger partial charge in [0.15, 0.2) is 9.84 Å². The number of hydrogen-bond donors (Lipinski definition) is 1. The lowest BCUT2D eigenvalue weighted by Gasteiger charge is -2.18. The monoisotopic (exact) mass is 175 g/mol. The Balaban J connectivity index is 2.42. The van der Waals surface area contributed by atoms with Gasteiger partial charge < -0.3 is 5.32 Å². The van der Waals surface area contributed by atoms with Gasteiger partial charge in [-0.25, -0.2) is 8.42 Å². The number of sulfone groups is 1. The van der Waals surface area contributed by atoms with E-state index in [-0.39, 0.29) is 11.5 Å². The molecule has 1 rings (SSSR count). The minimum atomic E-state index is -2.79. The lowest BCUT2D eigenvalue weighted by atomic mass is 10.1. The van der Waals surface area contributed by atoms with E-state index in [9.17, 15) is 8.42 Å². The van der Waals surface area contributed by atoms with Crippen LogP contribution < -0.4 is 5.32 Å². The van der Waals surface area contributed by atoms with E-state index >= 15 is 0 Å². The van der Waals surface area contributed by atoms with E-state index in [4.69, 9.17) is 0 Å². The summed E-state index contributed by atoms with van der Waals surface area (Å²) in [4.78, 5) is 0. The van der Waals surface area contributed by atoms with Crippen LogP contribution in [0.5, 0.6) is 0 Å². The molecule has 1 fully saturated rings. The van der Waals surface area contributed by atoms with E-state index in [2.05, 4.69) is 5.32 Å². The van der Waals surface area contributed by atoms with Crippen LogP contribution in [0.3, 0.4) is 0 Å². The first kappa shape index (κ1) is 8.74. The first-order chi connectivity index (χ1) is 5.14. The Morgan fingerprint density at radius 2 is 2.18 bits per heavy atom. The molecule has 0 aliphatic carbocycles. The fraction of sp³-hybridized carbons (Fsp3) is 0.714. The average molecular weight is 175 g/mol. The summed E-state index contributed by atoms with van der Waals surface area (Å²) in [6.45, 7) is 3.39. The van der Waals surface area contributed by atoms with Gasteiger partial charge in [0.1, 0.15) is 0 Å². The Kier molecular flexibility index (Phi) is 2.67. The molecule has 0 amide bonds. The molecule has 0 saturated carbocycles. The zero-order chi connectivity index (χ0) is 8.32. The molecular weight excluding hydrogens is 162 g/mol. The third-order valence-electron chi connectivity index (χ3n) is 1.77. The van der Waals surface area contributed by atoms with Crippen molar-refractivity contribution in [1.82, 2.24) is 5.32 Å². The quantitative estimate of drug-likeness (QED) is 0.612. The molecule has 1 saturated heterocycles. The highest BCUT2D eigenvalue weighted by molar-refractivity contribution is 7.91. The highest BCUT2D eigenvalue weighted by atomic mass is 32.2. The van der Waals surface area contributed by atoms with E-state index < -0.39 is 9.84 Å². The van der Waals surface area contributed by atoms with Crippen molar-refractivity contribution in [2.75, 3.05) is 24.6 Å². The zero-order valence-electron chi connectivity index (χ0n) is 6.63. The molecule has 3 nitrogen and oxygen atoms in total. The van der Waals surface area contributed by atoms with Gasteiger partial charge in [0.05, 0.1) is 5.75 Å². The average Bonchev–Trinajstić information content (AvgIpc) is 1.84. The first-order valence-electron chi connectivity index (χ1n) is 3.73. The predicted molar refractivity (Wildman–Crippen MR) is 45.3 cm³/mol. The van der Waals surface area contributed by atoms with Crippen molar-refractivity contribution in [2.45, 2.75) is 6.92 Å². The van der Waals surface area contributed by atoms with Crippen molar-refractivity contribution in [3.8, 4) is 0 Å². The van der Waals surface area contributed by atoms with Crippen molar-refractivity contribution in [3.63, 3.8) is 0 Å². The molecule has 0 bridgehead atoms. The smallest absolute Gasteiger partial charge is 0.153 e. The standard InChI is InChI=1S/C7H13NO2S/c1-2-11(9,10)4-3-7-5-8-6-7/h3,8H,2,4-6H2,1H3. The van der Waals surface area contributed by atoms with Gasteiger partial charge in [-0.2, -0.15) is 0 Å². The summed E-state index contributed by atoms with van der Waals surface area (Å²) in [5, 5.41) is 3.05. The van der Waals surface area contributed by atoms with Crippen molar-refractivity contribution >= 4 is 9.84 Å². The number of nitrogens with one attached hydrogen (secondary N) is 1. The van der Waals surface area contributed by atoms with Crippen molar-refractivity contribution in [1.29, 1.82) is 0 Å². The zero-order valence-corrected chi connectivity index (χ0v) is 7.45. The summed E-state index contributed by atoms with van der Waals surface area (Å²) >= 11 is 0. The summed E-state index contributed by atoms with van der Waals surface area (Å²) in [5.74, 6) is 0.449. The summed E-state index contributed by atoms with van der Waals surface area (Å²) in [6, 6.07) is 0. The predicted octanol–water partition coefficient (Wildman–Crippen LogP) is -0.0493. The lowest BCUT2D eigenvalue weighted by Crippen LogP contribution is -2.34. The molecule has 1 N–H and O–H groups in total. The van der Waals surface area contributed by atoms with Crippen LogP contribution >= 0.6 is 0 Å². The van der Waals surface area contributed by atoms with Crippen LogP contribution in [0, 0.1) is 0 Å². The maximum Gasteiger partial charge on any atom is 0.153 e. The maximum absolute atomic E-state index is 11.0. The fourth-order valence-corrected chi connectivity index (χ4v) is 1.50. The third-order valence-corrected chi connectivity index (χ3v) is 3.32. The molecule has 1 aliphatic rings. The molecule has 0 aromatic heterocycles. The molecule has 0 aromatic rings. The van der Waals surface area contributed by atoms with E-state index in [0.717, 1.165) is 13.1 Å². The van der Waals surface area contributed by atoms with Crippen LogP contribution in [0.1, 0.15) is 6.92 Å². The highest BCUT2D eigenvalue weighted by Gasteiger charge is 2.09. The second-order valence-corrected chi connectivity index (χ2v) is 5.06. The fourth-order valence-electron chi connectivity index (χ4n) is 0.776. The highest BCUT2D eigenvalue weighted by Crippen LogP contribution is 2.01. The molecule has 1 heterocycles. The second kappa shape index (κ2) is 3.36. The van der Waals surface area contributed by atoms with Crippen LogP contribution in [-0.2, 0) is 9.84 Å². The largest absolute Gasteiger partial charge is 0.309 e. The Hall–Kier alpha value is -0.350. The molecule has 64 valence electrons. The molecule has 0 spiro atoms. The number of rotatable bonds is 3. The van der Waals surface area contributed by atoms with Crippen LogP contribution in [0.25, 0.3) is 0 Å². The van der Waals surface area contributed by atoms with Gasteiger partial charge in [-0.3, -0.25) is 0 Å². The molecule has 4 heteroatoms. The Morgan fingerprint density at radius 3 is 2.55 bits per heavy atom. The Labute approximate surface area is 67.4 Å². The molecular formula is C7H13NO2S. The topological polar surface area (TPSA) is 46.2 Å². The van der Waals surface area contributed by atoms with E-state index in [1.807, 2.05) is 6.08 Å². The molecule has 1 aliphatic heterocycles. The van der Waals surface area contributed by atoms with Gasteiger partial charge >= 0.3 is 0 Å². The normalized spacial score (nSPS) is 17.7. The van der Waals surface area contributed by atoms with Gasteiger partial charge in [0.25, 0.3) is 0 Å². The van der Waals surface area contributed by atoms with Crippen molar-refractivity contribution in [2.24, 2.45) is 0 Å². The molecule has 11 heavy (non-hydrogen) atoms. The molecule has 0 atom stereocenters. The molecule has 0 unspecified atom stereocenters. The summed E-state index contributed by atoms with van der Waals surface area (Å²) in [7, 11) is -2.79. The van der Waals surface area contributed by atoms with Crippen LogP contribution in [0.2, 0.25) is 0 Å². The van der Waals surface area contributed by atoms with Gasteiger partial charge in [0.2, 0.25) is 0 Å². The number of hydrogen-bond acceptors (Lipinski definition) is 3. The molecule has 0 aromatic carbocycles. The van der Waals surface area contributed by atoms with Crippen molar-refractivity contribution < 1.29 is 8.42 Å². The SMILES string of the molecule is CCS(=O)(=O)CC=C1CNC1. The van der Waals surface area contributed by atoms with Gasteiger partial charge in [-0.1, -0.05) is 13.0 Å². The maximum atomic E-state index is 11.0. The van der Waals surface area contributed by atoms with E-state index in [1.54, 1.807) is 6.92 Å². The van der Waals surface area contributed by atoms with E-state index in [1.165, 1.54) is 5.57 Å².